The fourth-order valence-corrected chi connectivity index (χ4v) is 1.19. The van der Waals surface area contributed by atoms with Gasteiger partial charge in [0.2, 0.25) is 0 Å². The number of anilines is 1. The Balaban J connectivity index is 2.88. The Kier molecular flexibility index (Phi) is 3.51. The number of hydrogen-bond donors (Lipinski definition) is 4. The molecular weight excluding hydrogens is 212 g/mol. The van der Waals surface area contributed by atoms with E-state index in [9.17, 15) is 4.79 Å². The molecule has 1 heterocycles. The molecule has 0 aliphatic carbocycles. The van der Waals surface area contributed by atoms with E-state index in [-0.39, 0.29) is 24.6 Å². The second-order valence-electron chi connectivity index (χ2n) is 3.90. The molecule has 0 spiro atoms. The van der Waals surface area contributed by atoms with Crippen molar-refractivity contribution < 1.29 is 15.0 Å². The summed E-state index contributed by atoms with van der Waals surface area (Å²) in [6.45, 7) is 0.789. The van der Waals surface area contributed by atoms with Crippen LogP contribution in [0.25, 0.3) is 0 Å². The number of aromatic nitrogens is 2. The van der Waals surface area contributed by atoms with E-state index in [1.54, 1.807) is 7.05 Å². The normalized spacial score (nSPS) is 11.5. The Bertz CT molecular complexity index is 365. The zero-order valence-electron chi connectivity index (χ0n) is 9.27. The number of aliphatic hydroxyl groups is 2. The van der Waals surface area contributed by atoms with Crippen LogP contribution in [-0.4, -0.2) is 44.7 Å². The molecule has 1 amide bonds. The second kappa shape index (κ2) is 4.50. The van der Waals surface area contributed by atoms with Crippen molar-refractivity contribution >= 4 is 11.6 Å². The van der Waals surface area contributed by atoms with E-state index in [2.05, 4.69) is 10.4 Å². The van der Waals surface area contributed by atoms with Gasteiger partial charge in [0.05, 0.1) is 30.6 Å². The molecule has 0 saturated carbocycles. The van der Waals surface area contributed by atoms with Crippen molar-refractivity contribution in [3.05, 3.63) is 11.9 Å². The summed E-state index contributed by atoms with van der Waals surface area (Å²) in [7, 11) is 1.58. The number of nitrogens with two attached hydrogens (primary N) is 1. The van der Waals surface area contributed by atoms with Gasteiger partial charge in [-0.3, -0.25) is 9.48 Å². The molecule has 0 bridgehead atoms. The monoisotopic (exact) mass is 228 g/mol. The first kappa shape index (κ1) is 12.5. The van der Waals surface area contributed by atoms with Gasteiger partial charge in [0.15, 0.2) is 0 Å². The second-order valence-corrected chi connectivity index (χ2v) is 3.90. The molecule has 7 heteroatoms. The van der Waals surface area contributed by atoms with Crippen molar-refractivity contribution in [2.24, 2.45) is 7.05 Å². The molecule has 0 aliphatic rings. The summed E-state index contributed by atoms with van der Waals surface area (Å²) in [6.07, 6.45) is 1.37. The van der Waals surface area contributed by atoms with Crippen LogP contribution in [0.3, 0.4) is 0 Å². The van der Waals surface area contributed by atoms with E-state index in [1.807, 2.05) is 0 Å². The summed E-state index contributed by atoms with van der Waals surface area (Å²) >= 11 is 0. The lowest BCUT2D eigenvalue weighted by Crippen LogP contribution is -2.52. The van der Waals surface area contributed by atoms with Gasteiger partial charge in [0.1, 0.15) is 5.69 Å². The predicted molar refractivity (Wildman–Crippen MR) is 57.7 cm³/mol. The largest absolute Gasteiger partial charge is 0.396 e. The lowest BCUT2D eigenvalue weighted by atomic mass is 10.1. The molecule has 1 rings (SSSR count). The standard InChI is InChI=1S/C9H16N4O3/c1-9(4-14,5-15)12-8(16)7-6(10)3-11-13(7)2/h3,14-15H,4-5,10H2,1-2H3,(H,12,16). The molecule has 7 nitrogen and oxygen atoms in total. The maximum atomic E-state index is 11.8. The number of hydrogen-bond acceptors (Lipinski definition) is 5. The molecule has 0 fully saturated rings. The Hall–Kier alpha value is -1.60. The first-order chi connectivity index (χ1) is 7.43. The summed E-state index contributed by atoms with van der Waals surface area (Å²) in [6, 6.07) is 0. The number of amides is 1. The Morgan fingerprint density at radius 1 is 1.62 bits per heavy atom. The summed E-state index contributed by atoms with van der Waals surface area (Å²) in [5.41, 5.74) is 4.95. The number of aliphatic hydroxyl groups excluding tert-OH is 2. The van der Waals surface area contributed by atoms with Gasteiger partial charge in [-0.15, -0.1) is 0 Å². The SMILES string of the molecule is Cn1ncc(N)c1C(=O)NC(C)(CO)CO. The van der Waals surface area contributed by atoms with Gasteiger partial charge < -0.3 is 21.3 Å². The summed E-state index contributed by atoms with van der Waals surface area (Å²) in [4.78, 5) is 11.8. The molecule has 90 valence electrons. The van der Waals surface area contributed by atoms with Crippen molar-refractivity contribution in [3.8, 4) is 0 Å². The average molecular weight is 228 g/mol. The number of nitrogens with zero attached hydrogens (tertiary/aromatic N) is 2. The average Bonchev–Trinajstić information content (AvgIpc) is 2.58. The number of carbonyl (C=O) groups is 1. The number of carbonyl (C=O) groups excluding carboxylic acids is 1. The minimum atomic E-state index is -1.08. The maximum absolute atomic E-state index is 11.8. The highest BCUT2D eigenvalue weighted by molar-refractivity contribution is 5.97. The number of nitrogens with one attached hydrogen (secondary N) is 1. The third-order valence-electron chi connectivity index (χ3n) is 2.30. The lowest BCUT2D eigenvalue weighted by Gasteiger charge is -2.26. The lowest BCUT2D eigenvalue weighted by molar-refractivity contribution is 0.0716. The van der Waals surface area contributed by atoms with E-state index >= 15 is 0 Å². The Labute approximate surface area is 92.9 Å². The van der Waals surface area contributed by atoms with Crippen LogP contribution in [0.4, 0.5) is 5.69 Å². The van der Waals surface area contributed by atoms with Crippen LogP contribution in [0.2, 0.25) is 0 Å². The first-order valence-corrected chi connectivity index (χ1v) is 4.75. The van der Waals surface area contributed by atoms with Crippen molar-refractivity contribution in [1.82, 2.24) is 15.1 Å². The highest BCUT2D eigenvalue weighted by Gasteiger charge is 2.27. The van der Waals surface area contributed by atoms with Crippen molar-refractivity contribution in [3.63, 3.8) is 0 Å². The first-order valence-electron chi connectivity index (χ1n) is 4.75. The van der Waals surface area contributed by atoms with Crippen LogP contribution in [0.1, 0.15) is 17.4 Å². The molecule has 1 aromatic heterocycles. The summed E-state index contributed by atoms with van der Waals surface area (Å²) in [5.74, 6) is -0.483. The van der Waals surface area contributed by atoms with Crippen LogP contribution in [0, 0.1) is 0 Å². The van der Waals surface area contributed by atoms with Crippen LogP contribution in [0.5, 0.6) is 0 Å². The third-order valence-corrected chi connectivity index (χ3v) is 2.30. The minimum absolute atomic E-state index is 0.202. The van der Waals surface area contributed by atoms with E-state index in [1.165, 1.54) is 17.8 Å². The van der Waals surface area contributed by atoms with Gasteiger partial charge in [0.25, 0.3) is 5.91 Å². The van der Waals surface area contributed by atoms with Crippen molar-refractivity contribution in [2.45, 2.75) is 12.5 Å². The summed E-state index contributed by atoms with van der Waals surface area (Å²) < 4.78 is 1.33. The van der Waals surface area contributed by atoms with Gasteiger partial charge in [-0.25, -0.2) is 0 Å². The van der Waals surface area contributed by atoms with Gasteiger partial charge in [-0.1, -0.05) is 0 Å². The van der Waals surface area contributed by atoms with Gasteiger partial charge >= 0.3 is 0 Å². The van der Waals surface area contributed by atoms with E-state index in [0.29, 0.717) is 0 Å². The predicted octanol–water partition coefficient (Wildman–Crippen LogP) is -1.52. The van der Waals surface area contributed by atoms with E-state index in [4.69, 9.17) is 15.9 Å². The molecule has 0 atom stereocenters. The maximum Gasteiger partial charge on any atom is 0.272 e. The Morgan fingerprint density at radius 3 is 2.56 bits per heavy atom. The van der Waals surface area contributed by atoms with Crippen molar-refractivity contribution in [1.29, 1.82) is 0 Å². The summed E-state index contributed by atoms with van der Waals surface area (Å²) in [5, 5.41) is 24.4. The topological polar surface area (TPSA) is 113 Å². The molecule has 0 radical (unpaired) electrons. The number of aryl methyl sites for hydroxylation is 1. The number of nitrogen functional groups attached to an aromatic ring is 1. The Morgan fingerprint density at radius 2 is 2.19 bits per heavy atom. The zero-order valence-corrected chi connectivity index (χ0v) is 9.27. The molecule has 5 N–H and O–H groups in total. The molecular formula is C9H16N4O3. The fraction of sp³-hybridized carbons (Fsp3) is 0.556. The van der Waals surface area contributed by atoms with Crippen LogP contribution in [0.15, 0.2) is 6.20 Å². The van der Waals surface area contributed by atoms with Crippen LogP contribution in [-0.2, 0) is 7.05 Å². The minimum Gasteiger partial charge on any atom is -0.396 e. The molecule has 0 aromatic carbocycles. The van der Waals surface area contributed by atoms with Crippen LogP contribution >= 0.6 is 0 Å². The van der Waals surface area contributed by atoms with E-state index < -0.39 is 11.4 Å². The van der Waals surface area contributed by atoms with Crippen molar-refractivity contribution in [2.75, 3.05) is 18.9 Å². The van der Waals surface area contributed by atoms with Gasteiger partial charge in [0, 0.05) is 7.05 Å². The molecule has 0 aliphatic heterocycles. The van der Waals surface area contributed by atoms with Crippen LogP contribution < -0.4 is 11.1 Å². The molecule has 1 aromatic rings. The zero-order chi connectivity index (χ0) is 12.3. The molecule has 0 unspecified atom stereocenters. The fourth-order valence-electron chi connectivity index (χ4n) is 1.19. The van der Waals surface area contributed by atoms with E-state index in [0.717, 1.165) is 0 Å². The smallest absolute Gasteiger partial charge is 0.272 e. The third kappa shape index (κ3) is 2.31. The highest BCUT2D eigenvalue weighted by Crippen LogP contribution is 2.11. The number of rotatable bonds is 4. The van der Waals surface area contributed by atoms with Gasteiger partial charge in [-0.2, -0.15) is 5.10 Å². The molecule has 16 heavy (non-hydrogen) atoms. The quantitative estimate of drug-likeness (QED) is 0.499. The molecule has 0 saturated heterocycles. The highest BCUT2D eigenvalue weighted by atomic mass is 16.3. The van der Waals surface area contributed by atoms with Gasteiger partial charge in [-0.05, 0) is 6.92 Å².